The molecule has 0 saturated carbocycles. The highest BCUT2D eigenvalue weighted by atomic mass is 16.6. The Balaban J connectivity index is 0.000000247. The van der Waals surface area contributed by atoms with Crippen molar-refractivity contribution in [1.29, 1.82) is 0 Å². The Hall–Kier alpha value is -8.36. The van der Waals surface area contributed by atoms with Crippen LogP contribution in [0.25, 0.3) is 0 Å². The van der Waals surface area contributed by atoms with Gasteiger partial charge in [0.15, 0.2) is 0 Å². The van der Waals surface area contributed by atoms with Crippen LogP contribution in [0.3, 0.4) is 0 Å². The zero-order chi connectivity index (χ0) is 101. The standard InChI is InChI=1S/C27H41NO7.2C27H41NO6.C27H41NO5/c1-16(2)6-11-24(29)28-21-12-18(4)22(34-19(21)5)9-7-17(3)8-10-23-26(32)27(15-33-27)14-20(35-23)13-25(30)31;1-17(2)6-11-25(29)28-23-12-19(4)24(33-20(23)5)10-8-18(3)7-9-21-14-27(16-32-27)15-22(34-21)13-26(30)31;1-16(2)7-12-25(29)28-22-14-18(4)23(33-20(22)6)10-8-17(3)9-11-24-27(32)19(5)13-21(34-24)15-26(30)31;1-17(2)7-12-26(29)28-24-15-20(5)25(32-21(24)6)11-9-18(3)8-10-22-13-19(4)14-23(33-22)16-27(30)31/h6-8,10-11,16,18-23,26,32H,9,12-15H2,1-5H3,(H,28,29)(H,30,31);6-9,11,17,19-24H,10,12-16H2,1-5H3,(H,28,29)(H,30,31);7-9,11-12,16,18,20-24,27,32H,5,10,13-15H2,1-4,6H3,(H,28,29)(H,30,31);7-10,12,17,20-25H,4,11,13-16H2,1-3,5-6H3,(H,28,29)(H,30,31)/b10-8+,11-6-,17-7+;9-7+,11-6-,18-8+;11-9+,12-7-,17-8+;10-8+,12-7-,18-9+/t18-,19+,20+,21+,22-,23+,26+,27+;19-,20+,21+,22+,23+,24-,27+;18-,20+,21-,22+,23-,24+,27-;20-,21+,22+,23-,24+,25-/m0000/s1. The van der Waals surface area contributed by atoms with Gasteiger partial charge in [0.05, 0.1) is 154 Å². The monoisotopic (exact) mass is 1900 g/mol. The summed E-state index contributed by atoms with van der Waals surface area (Å²) in [6, 6.07) is -0.00552. The van der Waals surface area contributed by atoms with E-state index in [-0.39, 0.29) is 164 Å². The Morgan fingerprint density at radius 1 is 0.375 bits per heavy atom. The molecule has 10 aliphatic heterocycles. The molecular formula is C108H164N4O24. The number of carbonyl (C=O) groups excluding carboxylic acids is 4. The van der Waals surface area contributed by atoms with Gasteiger partial charge in [-0.1, -0.05) is 221 Å². The third kappa shape index (κ3) is 40.8. The van der Waals surface area contributed by atoms with Gasteiger partial charge in [-0.25, -0.2) is 0 Å². The van der Waals surface area contributed by atoms with Crippen molar-refractivity contribution < 1.29 is 116 Å². The lowest BCUT2D eigenvalue weighted by Gasteiger charge is -2.39. The number of amides is 4. The van der Waals surface area contributed by atoms with Crippen LogP contribution in [0.5, 0.6) is 0 Å². The largest absolute Gasteiger partial charge is 0.481 e. The van der Waals surface area contributed by atoms with Gasteiger partial charge in [-0.15, -0.1) is 0 Å². The van der Waals surface area contributed by atoms with Crippen molar-refractivity contribution in [3.05, 3.63) is 168 Å². The molecule has 0 unspecified atom stereocenters. The first-order valence-electron chi connectivity index (χ1n) is 49.5. The van der Waals surface area contributed by atoms with E-state index >= 15 is 0 Å². The molecule has 10 aliphatic rings. The molecule has 0 aliphatic carbocycles. The van der Waals surface area contributed by atoms with Crippen LogP contribution in [0.4, 0.5) is 0 Å². The summed E-state index contributed by atoms with van der Waals surface area (Å²) in [6.07, 6.45) is 43.1. The van der Waals surface area contributed by atoms with Crippen LogP contribution < -0.4 is 21.3 Å². The van der Waals surface area contributed by atoms with E-state index in [0.717, 1.165) is 92.1 Å². The number of ether oxygens (including phenoxy) is 10. The van der Waals surface area contributed by atoms with Crippen molar-refractivity contribution in [3.63, 3.8) is 0 Å². The Morgan fingerprint density at radius 2 is 0.676 bits per heavy atom. The average molecular weight is 1900 g/mol. The van der Waals surface area contributed by atoms with Gasteiger partial charge in [0.1, 0.15) is 30.0 Å². The number of nitrogens with one attached hydrogen (secondary N) is 4. The van der Waals surface area contributed by atoms with Crippen LogP contribution in [0.1, 0.15) is 254 Å². The van der Waals surface area contributed by atoms with E-state index in [0.29, 0.717) is 80.0 Å². The molecular weight excluding hydrogens is 1740 g/mol. The lowest BCUT2D eigenvalue weighted by Crippen LogP contribution is -2.50. The Kier molecular flexibility index (Phi) is 46.8. The number of hydrogen-bond donors (Lipinski definition) is 10. The van der Waals surface area contributed by atoms with Gasteiger partial charge in [0.25, 0.3) is 0 Å². The topological polar surface area (TPSA) is 405 Å². The molecule has 28 atom stereocenters. The number of aliphatic hydroxyl groups excluding tert-OH is 2. The number of aliphatic carboxylic acids is 4. The number of carboxylic acid groups (broad SMARTS) is 4. The smallest absolute Gasteiger partial charge is 0.305 e. The highest BCUT2D eigenvalue weighted by molar-refractivity contribution is 5.89. The van der Waals surface area contributed by atoms with Crippen molar-refractivity contribution in [3.8, 4) is 0 Å². The molecule has 28 heteroatoms. The first kappa shape index (κ1) is 115. The molecule has 136 heavy (non-hydrogen) atoms. The molecule has 0 bridgehead atoms. The molecule has 0 radical (unpaired) electrons. The Labute approximate surface area is 808 Å². The lowest BCUT2D eigenvalue weighted by molar-refractivity contribution is -0.155. The third-order valence-corrected chi connectivity index (χ3v) is 26.6. The number of epoxide rings is 2. The van der Waals surface area contributed by atoms with Crippen LogP contribution in [0.2, 0.25) is 0 Å². The van der Waals surface area contributed by atoms with Gasteiger partial charge in [-0.3, -0.25) is 38.4 Å². The van der Waals surface area contributed by atoms with Crippen molar-refractivity contribution in [2.45, 2.75) is 399 Å². The summed E-state index contributed by atoms with van der Waals surface area (Å²) < 4.78 is 59.6. The molecule has 4 amide bonds. The van der Waals surface area contributed by atoms with Crippen LogP contribution in [0.15, 0.2) is 168 Å². The maximum Gasteiger partial charge on any atom is 0.305 e. The molecule has 0 aromatic carbocycles. The number of carboxylic acids is 4. The van der Waals surface area contributed by atoms with Crippen molar-refractivity contribution >= 4 is 47.5 Å². The first-order chi connectivity index (χ1) is 64.0. The highest BCUT2D eigenvalue weighted by Gasteiger charge is 2.59. The van der Waals surface area contributed by atoms with Crippen molar-refractivity contribution in [2.24, 2.45) is 47.3 Å². The second-order valence-electron chi connectivity index (χ2n) is 41.2. The summed E-state index contributed by atoms with van der Waals surface area (Å²) in [5.41, 5.74) is 4.99. The Morgan fingerprint density at radius 3 is 1.01 bits per heavy atom. The van der Waals surface area contributed by atoms with Crippen LogP contribution >= 0.6 is 0 Å². The van der Waals surface area contributed by atoms with Gasteiger partial charge in [-0.05, 0) is 203 Å². The molecule has 10 rings (SSSR count). The normalized spacial score (nSPS) is 34.8. The zero-order valence-electron chi connectivity index (χ0n) is 84.5. The van der Waals surface area contributed by atoms with E-state index < -0.39 is 66.1 Å². The number of aliphatic hydroxyl groups is 2. The molecule has 0 aromatic heterocycles. The van der Waals surface area contributed by atoms with E-state index in [1.807, 2.05) is 165 Å². The van der Waals surface area contributed by atoms with Gasteiger partial charge >= 0.3 is 23.9 Å². The van der Waals surface area contributed by atoms with Gasteiger partial charge < -0.3 is 99.3 Å². The fourth-order valence-electron chi connectivity index (χ4n) is 18.3. The summed E-state index contributed by atoms with van der Waals surface area (Å²) in [7, 11) is 0. The second kappa shape index (κ2) is 55.6. The van der Waals surface area contributed by atoms with Crippen molar-refractivity contribution in [1.82, 2.24) is 21.3 Å². The predicted octanol–water partition coefficient (Wildman–Crippen LogP) is 16.2. The second-order valence-corrected chi connectivity index (χ2v) is 41.2. The van der Waals surface area contributed by atoms with Crippen LogP contribution in [-0.2, 0) is 85.7 Å². The van der Waals surface area contributed by atoms with Gasteiger partial charge in [0.2, 0.25) is 23.6 Å². The molecule has 10 heterocycles. The molecule has 2 spiro atoms. The average Bonchev–Trinajstić information content (AvgIpc) is 1.64. The van der Waals surface area contributed by atoms with Gasteiger partial charge in [0, 0.05) is 19.3 Å². The minimum Gasteiger partial charge on any atom is -0.481 e. The Bertz CT molecular complexity index is 4320. The summed E-state index contributed by atoms with van der Waals surface area (Å²) in [4.78, 5) is 92.8. The predicted molar refractivity (Wildman–Crippen MR) is 525 cm³/mol. The zero-order valence-corrected chi connectivity index (χ0v) is 84.5. The number of hydrogen-bond acceptors (Lipinski definition) is 20. The summed E-state index contributed by atoms with van der Waals surface area (Å²) in [5, 5.41) is 69.6. The summed E-state index contributed by atoms with van der Waals surface area (Å²) in [6.45, 7) is 50.0. The SMILES string of the molecule is C=C1C[C@@H](CC(=O)O)O[C@H](/C=C/C(C)=C/C[C@@H]2O[C@H](C)[C@H](NC(=O)/C=C\C(C)C)C[C@@H]2C)C1.C=C1C[C@@H](CC(=O)O)O[C@H](/C=C/C(C)=C/C[C@@H]2O[C@H](C)[C@H](NC(=O)/C=C\C(C)C)C[C@@H]2C)[C@H]1O.CC(/C=C/[C@@H]1C[C@]2(CO2)C[C@@H](CC(=O)O)O1)=C\C[C@@H]1O[C@H](C)[C@H](NC(=O)/C=C\C(C)C)C[C@@H]1C.CC(/C=C/[C@H]1O[C@H](CC(=O)O)C[C@@]2(CO2)[C@@H]1O)=C\C[C@@H]1O[C@H](C)[C@H](NC(=O)/C=C\C(C)C)C[C@@H]1C. The molecule has 760 valence electrons. The van der Waals surface area contributed by atoms with E-state index in [2.05, 4.69) is 93.3 Å². The fraction of sp³-hybridized carbons (Fsp3) is 0.667. The minimum absolute atomic E-state index is 0.00271. The highest BCUT2D eigenvalue weighted by Crippen LogP contribution is 2.45. The number of carbonyl (C=O) groups is 8. The third-order valence-electron chi connectivity index (χ3n) is 26.6. The summed E-state index contributed by atoms with van der Waals surface area (Å²) in [5.74, 6) is -1.26. The van der Waals surface area contributed by atoms with Gasteiger partial charge in [-0.2, -0.15) is 0 Å². The van der Waals surface area contributed by atoms with Crippen molar-refractivity contribution in [2.75, 3.05) is 13.2 Å². The minimum atomic E-state index is -0.933. The molecule has 10 fully saturated rings. The van der Waals surface area contributed by atoms with E-state index in [1.54, 1.807) is 36.5 Å². The van der Waals surface area contributed by atoms with E-state index in [9.17, 15) is 48.6 Å². The molecule has 10 N–H and O–H groups in total. The maximum absolute atomic E-state index is 12.2. The van der Waals surface area contributed by atoms with Crippen LogP contribution in [0, 0.1) is 47.3 Å². The molecule has 10 saturated heterocycles. The van der Waals surface area contributed by atoms with Crippen LogP contribution in [-0.4, -0.2) is 237 Å². The maximum atomic E-state index is 12.2. The summed E-state index contributed by atoms with van der Waals surface area (Å²) >= 11 is 0. The van der Waals surface area contributed by atoms with E-state index in [4.69, 9.17) is 67.8 Å². The fourth-order valence-corrected chi connectivity index (χ4v) is 18.3. The number of rotatable bonds is 36. The quantitative estimate of drug-likeness (QED) is 0.0121. The molecule has 0 aromatic rings. The van der Waals surface area contributed by atoms with E-state index in [1.165, 1.54) is 0 Å². The first-order valence-corrected chi connectivity index (χ1v) is 49.5. The molecule has 28 nitrogen and oxygen atoms in total. The number of allylic oxidation sites excluding steroid dienone is 12. The lowest BCUT2D eigenvalue weighted by atomic mass is 9.87.